The van der Waals surface area contributed by atoms with Crippen LogP contribution >= 0.6 is 15.9 Å². The van der Waals surface area contributed by atoms with Gasteiger partial charge in [-0.2, -0.15) is 5.26 Å². The highest BCUT2D eigenvalue weighted by Gasteiger charge is 2.36. The van der Waals surface area contributed by atoms with Crippen molar-refractivity contribution < 1.29 is 9.59 Å². The number of fused-ring (bicyclic) bond motifs is 1. The molecule has 6 heteroatoms. The van der Waals surface area contributed by atoms with Crippen molar-refractivity contribution in [1.29, 1.82) is 5.26 Å². The van der Waals surface area contributed by atoms with Crippen molar-refractivity contribution in [2.45, 2.75) is 13.1 Å². The van der Waals surface area contributed by atoms with Gasteiger partial charge in [-0.15, -0.1) is 0 Å². The lowest BCUT2D eigenvalue weighted by Crippen LogP contribution is -2.29. The molecule has 0 saturated carbocycles. The summed E-state index contributed by atoms with van der Waals surface area (Å²) in [4.78, 5) is 27.9. The minimum atomic E-state index is -0.567. The molecule has 152 valence electrons. The van der Waals surface area contributed by atoms with E-state index >= 15 is 0 Å². The Bertz CT molecular complexity index is 1210. The summed E-state index contributed by atoms with van der Waals surface area (Å²) < 4.78 is 0.764. The number of carbonyl (C=O) groups is 2. The predicted octanol–water partition coefficient (Wildman–Crippen LogP) is 4.59. The van der Waals surface area contributed by atoms with Gasteiger partial charge in [-0.25, -0.2) is 0 Å². The van der Waals surface area contributed by atoms with Crippen LogP contribution in [0.25, 0.3) is 5.57 Å². The normalized spacial score (nSPS) is 14.1. The fourth-order valence-corrected chi connectivity index (χ4v) is 3.92. The van der Waals surface area contributed by atoms with E-state index in [1.807, 2.05) is 78.9 Å². The van der Waals surface area contributed by atoms with Gasteiger partial charge in [0.15, 0.2) is 0 Å². The third-order valence-electron chi connectivity index (χ3n) is 5.05. The average molecular weight is 472 g/mol. The van der Waals surface area contributed by atoms with Gasteiger partial charge in [0.05, 0.1) is 17.8 Å². The van der Waals surface area contributed by atoms with Crippen LogP contribution in [0, 0.1) is 11.3 Å². The summed E-state index contributed by atoms with van der Waals surface area (Å²) in [5.41, 5.74) is 3.05. The number of benzene rings is 3. The first-order valence-corrected chi connectivity index (χ1v) is 10.5. The van der Waals surface area contributed by atoms with E-state index in [1.165, 1.54) is 0 Å². The number of carbonyl (C=O) groups excluding carboxylic acids is 2. The van der Waals surface area contributed by atoms with E-state index < -0.39 is 5.91 Å². The molecule has 0 unspecified atom stereocenters. The smallest absolute Gasteiger partial charge is 0.263 e. The standard InChI is InChI=1S/C25H18BrN3O2/c26-19-11-12-22-20(13-19)23(25(31)29(22)16-18-9-5-2-6-10-18)21(14-27)24(30)28-15-17-7-3-1-4-8-17/h1-13H,15-16H2,(H,28,30)/b23-21-. The first-order valence-electron chi connectivity index (χ1n) is 9.70. The summed E-state index contributed by atoms with van der Waals surface area (Å²) in [5, 5.41) is 12.5. The van der Waals surface area contributed by atoms with Crippen LogP contribution in [0.4, 0.5) is 5.69 Å². The zero-order valence-electron chi connectivity index (χ0n) is 16.5. The van der Waals surface area contributed by atoms with Crippen LogP contribution in [0.2, 0.25) is 0 Å². The van der Waals surface area contributed by atoms with E-state index in [1.54, 1.807) is 11.0 Å². The molecule has 1 N–H and O–H groups in total. The van der Waals surface area contributed by atoms with Crippen molar-refractivity contribution in [3.8, 4) is 6.07 Å². The topological polar surface area (TPSA) is 73.2 Å². The number of rotatable bonds is 5. The highest BCUT2D eigenvalue weighted by Crippen LogP contribution is 2.40. The van der Waals surface area contributed by atoms with Gasteiger partial charge in [0.25, 0.3) is 11.8 Å². The maximum absolute atomic E-state index is 13.4. The summed E-state index contributed by atoms with van der Waals surface area (Å²) in [6, 6.07) is 26.4. The molecule has 4 rings (SSSR count). The van der Waals surface area contributed by atoms with Gasteiger partial charge in [-0.3, -0.25) is 9.59 Å². The average Bonchev–Trinajstić information content (AvgIpc) is 3.05. The summed E-state index contributed by atoms with van der Waals surface area (Å²) in [7, 11) is 0. The Morgan fingerprint density at radius 2 is 1.61 bits per heavy atom. The van der Waals surface area contributed by atoms with E-state index in [4.69, 9.17) is 0 Å². The molecule has 0 bridgehead atoms. The third-order valence-corrected chi connectivity index (χ3v) is 5.54. The van der Waals surface area contributed by atoms with Crippen LogP contribution in [0.15, 0.2) is 88.9 Å². The minimum Gasteiger partial charge on any atom is -0.347 e. The van der Waals surface area contributed by atoms with Crippen LogP contribution in [0.5, 0.6) is 0 Å². The van der Waals surface area contributed by atoms with Gasteiger partial charge < -0.3 is 10.2 Å². The molecule has 1 heterocycles. The number of nitrogens with one attached hydrogen (secondary N) is 1. The van der Waals surface area contributed by atoms with Crippen LogP contribution in [0.1, 0.15) is 16.7 Å². The van der Waals surface area contributed by atoms with Crippen molar-refractivity contribution in [1.82, 2.24) is 5.32 Å². The summed E-state index contributed by atoms with van der Waals surface area (Å²) in [6.07, 6.45) is 0. The second kappa shape index (κ2) is 8.99. The van der Waals surface area contributed by atoms with Crippen LogP contribution in [-0.4, -0.2) is 11.8 Å². The molecule has 0 aliphatic carbocycles. The van der Waals surface area contributed by atoms with Crippen molar-refractivity contribution in [2.75, 3.05) is 4.90 Å². The first-order chi connectivity index (χ1) is 15.1. The summed E-state index contributed by atoms with van der Waals surface area (Å²) in [6.45, 7) is 0.619. The quantitative estimate of drug-likeness (QED) is 0.436. The fraction of sp³-hybridized carbons (Fsp3) is 0.0800. The van der Waals surface area contributed by atoms with E-state index in [9.17, 15) is 14.9 Å². The number of nitrogens with zero attached hydrogens (tertiary/aromatic N) is 2. The lowest BCUT2D eigenvalue weighted by atomic mass is 10.0. The van der Waals surface area contributed by atoms with Gasteiger partial charge in [-0.05, 0) is 29.3 Å². The molecule has 0 atom stereocenters. The van der Waals surface area contributed by atoms with Crippen LogP contribution < -0.4 is 10.2 Å². The Morgan fingerprint density at radius 1 is 0.968 bits per heavy atom. The van der Waals surface area contributed by atoms with Crippen molar-refractivity contribution in [3.63, 3.8) is 0 Å². The highest BCUT2D eigenvalue weighted by atomic mass is 79.9. The van der Waals surface area contributed by atoms with Gasteiger partial charge in [0.1, 0.15) is 11.6 Å². The monoisotopic (exact) mass is 471 g/mol. The van der Waals surface area contributed by atoms with Crippen LogP contribution in [0.3, 0.4) is 0 Å². The molecule has 0 fully saturated rings. The number of nitriles is 1. The Balaban J connectivity index is 1.70. The predicted molar refractivity (Wildman–Crippen MR) is 123 cm³/mol. The zero-order chi connectivity index (χ0) is 21.8. The van der Waals surface area contributed by atoms with E-state index in [0.717, 1.165) is 15.6 Å². The van der Waals surface area contributed by atoms with E-state index in [0.29, 0.717) is 17.8 Å². The molecule has 3 aromatic carbocycles. The molecule has 5 nitrogen and oxygen atoms in total. The van der Waals surface area contributed by atoms with Crippen molar-refractivity contribution in [2.24, 2.45) is 0 Å². The second-order valence-corrected chi connectivity index (χ2v) is 7.98. The molecule has 0 radical (unpaired) electrons. The first kappa shape index (κ1) is 20.6. The number of amides is 2. The Morgan fingerprint density at radius 3 is 2.26 bits per heavy atom. The van der Waals surface area contributed by atoms with Gasteiger partial charge >= 0.3 is 0 Å². The number of anilines is 1. The molecule has 3 aromatic rings. The fourth-order valence-electron chi connectivity index (χ4n) is 3.55. The molecular formula is C25H18BrN3O2. The maximum Gasteiger partial charge on any atom is 0.263 e. The minimum absolute atomic E-state index is 0.125. The summed E-state index contributed by atoms with van der Waals surface area (Å²) >= 11 is 3.43. The Labute approximate surface area is 188 Å². The molecule has 2 amide bonds. The largest absolute Gasteiger partial charge is 0.347 e. The second-order valence-electron chi connectivity index (χ2n) is 7.07. The maximum atomic E-state index is 13.4. The number of hydrogen-bond acceptors (Lipinski definition) is 3. The molecule has 1 aliphatic heterocycles. The zero-order valence-corrected chi connectivity index (χ0v) is 18.1. The molecular weight excluding hydrogens is 454 g/mol. The Hall–Kier alpha value is -3.69. The van der Waals surface area contributed by atoms with Crippen molar-refractivity contribution >= 4 is 39.0 Å². The molecule has 0 aromatic heterocycles. The molecule has 1 aliphatic rings. The molecule has 31 heavy (non-hydrogen) atoms. The van der Waals surface area contributed by atoms with E-state index in [-0.39, 0.29) is 23.6 Å². The molecule has 0 saturated heterocycles. The van der Waals surface area contributed by atoms with Gasteiger partial charge in [0.2, 0.25) is 0 Å². The van der Waals surface area contributed by atoms with Crippen LogP contribution in [-0.2, 0) is 22.7 Å². The number of halogens is 1. The number of hydrogen-bond donors (Lipinski definition) is 1. The van der Waals surface area contributed by atoms with Gasteiger partial charge in [-0.1, -0.05) is 76.6 Å². The summed E-state index contributed by atoms with van der Waals surface area (Å²) in [5.74, 6) is -0.925. The lowest BCUT2D eigenvalue weighted by molar-refractivity contribution is -0.118. The van der Waals surface area contributed by atoms with E-state index in [2.05, 4.69) is 21.2 Å². The van der Waals surface area contributed by atoms with Gasteiger partial charge in [0, 0.05) is 16.6 Å². The Kier molecular flexibility index (Phi) is 5.96. The van der Waals surface area contributed by atoms with Crippen molar-refractivity contribution in [3.05, 3.63) is 106 Å². The lowest BCUT2D eigenvalue weighted by Gasteiger charge is -2.17. The highest BCUT2D eigenvalue weighted by molar-refractivity contribution is 9.10. The SMILES string of the molecule is N#C/C(C(=O)NCc1ccccc1)=C1/C(=O)N(Cc2ccccc2)c2ccc(Br)cc21. The third kappa shape index (κ3) is 4.27. The molecule has 0 spiro atoms.